The Morgan fingerprint density at radius 3 is 2.54 bits per heavy atom. The number of nitrogens with zero attached hydrogens (tertiary/aromatic N) is 4. The minimum absolute atomic E-state index is 0.00937. The molecule has 2 aromatic rings. The van der Waals surface area contributed by atoms with Gasteiger partial charge in [-0.15, -0.1) is 0 Å². The van der Waals surface area contributed by atoms with E-state index in [1.165, 1.54) is 7.11 Å². The van der Waals surface area contributed by atoms with Gasteiger partial charge in [-0.05, 0) is 81.9 Å². The molecule has 12 heteroatoms. The topological polar surface area (TPSA) is 143 Å². The van der Waals surface area contributed by atoms with Gasteiger partial charge in [0.1, 0.15) is 5.54 Å². The molecule has 0 unspecified atom stereocenters. The zero-order valence-electron chi connectivity index (χ0n) is 29.1. The number of aliphatic hydroxyl groups is 2. The molecule has 0 aromatic heterocycles. The van der Waals surface area contributed by atoms with E-state index in [0.29, 0.717) is 55.8 Å². The highest BCUT2D eigenvalue weighted by Gasteiger charge is 2.55. The molecule has 268 valence electrons. The Hall–Kier alpha value is -4.26. The van der Waals surface area contributed by atoms with Crippen LogP contribution in [0.2, 0.25) is 0 Å². The predicted molar refractivity (Wildman–Crippen MR) is 189 cm³/mol. The lowest BCUT2D eigenvalue weighted by molar-refractivity contribution is -0.140. The highest BCUT2D eigenvalue weighted by Crippen LogP contribution is 2.48. The smallest absolute Gasteiger partial charge is 0.305 e. The fraction of sp³-hybridized carbons (Fsp3) is 0.526. The molecule has 4 heterocycles. The van der Waals surface area contributed by atoms with E-state index in [9.17, 15) is 29.4 Å². The van der Waals surface area contributed by atoms with Crippen molar-refractivity contribution in [1.29, 1.82) is 0 Å². The molecule has 3 N–H and O–H groups in total. The van der Waals surface area contributed by atoms with Crippen LogP contribution in [0.3, 0.4) is 0 Å². The van der Waals surface area contributed by atoms with Crippen molar-refractivity contribution in [2.24, 2.45) is 5.92 Å². The molecule has 4 aliphatic heterocycles. The van der Waals surface area contributed by atoms with Gasteiger partial charge < -0.3 is 35.0 Å². The Balaban J connectivity index is 1.30. The number of para-hydroxylation sites is 1. The van der Waals surface area contributed by atoms with Gasteiger partial charge in [0.25, 0.3) is 11.8 Å². The Morgan fingerprint density at radius 1 is 1.06 bits per heavy atom. The molecule has 3 saturated heterocycles. The van der Waals surface area contributed by atoms with Crippen LogP contribution in [0.4, 0.5) is 17.1 Å². The third kappa shape index (κ3) is 6.40. The summed E-state index contributed by atoms with van der Waals surface area (Å²) in [4.78, 5) is 60.5. The average molecular weight is 688 g/mol. The standard InChI is InChI=1S/C38H49N5O7/c1-27(10-8-14-33(45)40-23-9-13-30(40)25-44)38(49)31-24-29(16-17-32(31)41(36(38)48)22-7-6-15-34(46)50-2)42-26-43(28-11-4-3-5-12-28)37(35(42)47)18-20-39-21-19-37/h3-5,8,10-12,16-17,24,27,30,39,44,49H,6-7,9,13-15,18-23,25-26H2,1-2H3/b10-8+/t27-,30+,38+/m1/s1. The molecule has 1 spiro atoms. The molecule has 3 amide bonds. The van der Waals surface area contributed by atoms with Gasteiger partial charge >= 0.3 is 5.97 Å². The second kappa shape index (κ2) is 14.9. The average Bonchev–Trinajstić information content (AvgIpc) is 3.79. The number of hydrogen-bond donors (Lipinski definition) is 3. The Bertz CT molecular complexity index is 1610. The van der Waals surface area contributed by atoms with Crippen LogP contribution in [0.5, 0.6) is 0 Å². The maximum Gasteiger partial charge on any atom is 0.305 e. The summed E-state index contributed by atoms with van der Waals surface area (Å²) in [6.07, 6.45) is 7.67. The van der Waals surface area contributed by atoms with Gasteiger partial charge in [0.15, 0.2) is 5.60 Å². The molecule has 0 aliphatic carbocycles. The third-order valence-electron chi connectivity index (χ3n) is 11.0. The fourth-order valence-electron chi connectivity index (χ4n) is 8.12. The van der Waals surface area contributed by atoms with Crippen LogP contribution < -0.4 is 20.0 Å². The molecule has 2 aromatic carbocycles. The number of anilines is 3. The van der Waals surface area contributed by atoms with E-state index in [1.54, 1.807) is 45.9 Å². The van der Waals surface area contributed by atoms with Crippen LogP contribution in [0.25, 0.3) is 0 Å². The number of fused-ring (bicyclic) bond motifs is 1. The minimum Gasteiger partial charge on any atom is -0.469 e. The van der Waals surface area contributed by atoms with Crippen molar-refractivity contribution < 1.29 is 34.1 Å². The lowest BCUT2D eigenvalue weighted by Gasteiger charge is -2.39. The molecular weight excluding hydrogens is 638 g/mol. The number of hydrogen-bond acceptors (Lipinski definition) is 9. The number of benzene rings is 2. The number of likely N-dealkylation sites (tertiary alicyclic amines) is 1. The predicted octanol–water partition coefficient (Wildman–Crippen LogP) is 3.06. The first-order valence-electron chi connectivity index (χ1n) is 17.8. The molecule has 4 aliphatic rings. The first-order valence-corrected chi connectivity index (χ1v) is 17.8. The summed E-state index contributed by atoms with van der Waals surface area (Å²) in [5.74, 6) is -1.63. The number of ether oxygens (including phenoxy) is 1. The first kappa shape index (κ1) is 35.6. The number of rotatable bonds is 12. The molecule has 6 rings (SSSR count). The summed E-state index contributed by atoms with van der Waals surface area (Å²) < 4.78 is 4.77. The van der Waals surface area contributed by atoms with Crippen molar-refractivity contribution in [3.8, 4) is 0 Å². The number of amides is 3. The quantitative estimate of drug-likeness (QED) is 0.174. The molecule has 12 nitrogen and oxygen atoms in total. The van der Waals surface area contributed by atoms with E-state index in [0.717, 1.165) is 31.6 Å². The molecular formula is C38H49N5O7. The van der Waals surface area contributed by atoms with Gasteiger partial charge in [0.2, 0.25) is 5.91 Å². The number of carbonyl (C=O) groups is 4. The van der Waals surface area contributed by atoms with Crippen molar-refractivity contribution >= 4 is 40.8 Å². The molecule has 3 fully saturated rings. The first-order chi connectivity index (χ1) is 24.2. The maximum atomic E-state index is 14.4. The number of esters is 1. The van der Waals surface area contributed by atoms with Crippen molar-refractivity contribution in [1.82, 2.24) is 10.2 Å². The van der Waals surface area contributed by atoms with Crippen LogP contribution >= 0.6 is 0 Å². The Morgan fingerprint density at radius 2 is 1.82 bits per heavy atom. The van der Waals surface area contributed by atoms with Gasteiger partial charge in [-0.25, -0.2) is 0 Å². The zero-order valence-corrected chi connectivity index (χ0v) is 29.1. The number of unbranched alkanes of at least 4 members (excludes halogenated alkanes) is 1. The zero-order chi connectivity index (χ0) is 35.5. The van der Waals surface area contributed by atoms with Crippen LogP contribution in [0.15, 0.2) is 60.7 Å². The molecule has 3 atom stereocenters. The largest absolute Gasteiger partial charge is 0.469 e. The lowest BCUT2D eigenvalue weighted by atomic mass is 9.82. The number of methoxy groups -OCH3 is 1. The van der Waals surface area contributed by atoms with Crippen molar-refractivity contribution in [2.45, 2.75) is 75.5 Å². The summed E-state index contributed by atoms with van der Waals surface area (Å²) in [6.45, 7) is 4.34. The molecule has 0 bridgehead atoms. The Labute approximate surface area is 293 Å². The summed E-state index contributed by atoms with van der Waals surface area (Å²) in [6, 6.07) is 15.2. The van der Waals surface area contributed by atoms with Crippen molar-refractivity contribution in [3.05, 3.63) is 66.2 Å². The van der Waals surface area contributed by atoms with Crippen LogP contribution in [0, 0.1) is 5.92 Å². The monoisotopic (exact) mass is 687 g/mol. The number of nitrogens with one attached hydrogen (secondary N) is 1. The SMILES string of the molecule is COC(=O)CCCCN1C(=O)[C@](O)([C@H](C)/C=C/CC(=O)N2CCC[C@H]2CO)c2cc(N3CN(c4ccccc4)C4(CCNCC4)C3=O)ccc21. The normalized spacial score (nSPS) is 23.7. The number of carbonyl (C=O) groups excluding carboxylic acids is 4. The Kier molecular flexibility index (Phi) is 10.6. The van der Waals surface area contributed by atoms with Gasteiger partial charge in [-0.3, -0.25) is 24.1 Å². The second-order valence-corrected chi connectivity index (χ2v) is 13.9. The molecule has 0 saturated carbocycles. The maximum absolute atomic E-state index is 14.4. The molecule has 50 heavy (non-hydrogen) atoms. The van der Waals surface area contributed by atoms with Crippen molar-refractivity contribution in [2.75, 3.05) is 61.3 Å². The van der Waals surface area contributed by atoms with Crippen LogP contribution in [-0.2, 0) is 29.5 Å². The van der Waals surface area contributed by atoms with E-state index in [2.05, 4.69) is 10.2 Å². The van der Waals surface area contributed by atoms with Crippen LogP contribution in [0.1, 0.15) is 63.9 Å². The van der Waals surface area contributed by atoms with Gasteiger partial charge in [-0.1, -0.05) is 37.3 Å². The van der Waals surface area contributed by atoms with E-state index >= 15 is 0 Å². The van der Waals surface area contributed by atoms with Gasteiger partial charge in [0.05, 0.1) is 32.1 Å². The van der Waals surface area contributed by atoms with Crippen molar-refractivity contribution in [3.63, 3.8) is 0 Å². The number of piperidine rings is 1. The summed E-state index contributed by atoms with van der Waals surface area (Å²) in [5, 5.41) is 25.5. The highest BCUT2D eigenvalue weighted by molar-refractivity contribution is 6.10. The van der Waals surface area contributed by atoms with E-state index in [1.807, 2.05) is 36.4 Å². The van der Waals surface area contributed by atoms with Gasteiger partial charge in [0, 0.05) is 48.8 Å². The van der Waals surface area contributed by atoms with E-state index < -0.39 is 23.0 Å². The fourth-order valence-corrected chi connectivity index (χ4v) is 8.12. The van der Waals surface area contributed by atoms with E-state index in [-0.39, 0.29) is 49.8 Å². The summed E-state index contributed by atoms with van der Waals surface area (Å²) in [5.41, 5.74) is -0.148. The third-order valence-corrected chi connectivity index (χ3v) is 11.0. The lowest BCUT2D eigenvalue weighted by Crippen LogP contribution is -2.55. The van der Waals surface area contributed by atoms with Gasteiger partial charge in [-0.2, -0.15) is 0 Å². The second-order valence-electron chi connectivity index (χ2n) is 13.9. The highest BCUT2D eigenvalue weighted by atomic mass is 16.5. The number of aliphatic hydroxyl groups excluding tert-OH is 1. The van der Waals surface area contributed by atoms with E-state index in [4.69, 9.17) is 4.74 Å². The summed E-state index contributed by atoms with van der Waals surface area (Å²) >= 11 is 0. The summed E-state index contributed by atoms with van der Waals surface area (Å²) in [7, 11) is 1.34. The van der Waals surface area contributed by atoms with Crippen LogP contribution in [-0.4, -0.2) is 96.9 Å². The minimum atomic E-state index is -1.96. The molecule has 0 radical (unpaired) electrons.